The number of carbonyl (C=O) groups is 1. The number of nitrogens with zero attached hydrogens (tertiary/aromatic N) is 1. The van der Waals surface area contributed by atoms with Gasteiger partial charge in [-0.05, 0) is 18.4 Å². The second-order valence-electron chi connectivity index (χ2n) is 6.18. The zero-order valence-corrected chi connectivity index (χ0v) is 15.4. The summed E-state index contributed by atoms with van der Waals surface area (Å²) in [6.45, 7) is 5.97. The number of morpholine rings is 1. The van der Waals surface area contributed by atoms with Gasteiger partial charge in [-0.3, -0.25) is 0 Å². The van der Waals surface area contributed by atoms with Crippen LogP contribution in [-0.4, -0.2) is 51.0 Å². The van der Waals surface area contributed by atoms with Gasteiger partial charge in [0.25, 0.3) is 0 Å². The first-order valence-electron chi connectivity index (χ1n) is 8.03. The first kappa shape index (κ1) is 18.7. The van der Waals surface area contributed by atoms with Crippen LogP contribution in [0.3, 0.4) is 0 Å². The summed E-state index contributed by atoms with van der Waals surface area (Å²) < 4.78 is 16.0. The van der Waals surface area contributed by atoms with Crippen LogP contribution in [0.5, 0.6) is 11.5 Å². The first-order valence-corrected chi connectivity index (χ1v) is 8.41. The Bertz CT molecular complexity index is 580. The van der Waals surface area contributed by atoms with E-state index >= 15 is 0 Å². The SMILES string of the molecule is COc1cc(NC(=O)N2CCOC[C@@H]2CC(C)C)cc(Cl)c1OC. The van der Waals surface area contributed by atoms with E-state index in [1.165, 1.54) is 14.2 Å². The van der Waals surface area contributed by atoms with Gasteiger partial charge in [-0.25, -0.2) is 4.79 Å². The van der Waals surface area contributed by atoms with Crippen molar-refractivity contribution in [3.63, 3.8) is 0 Å². The van der Waals surface area contributed by atoms with E-state index in [1.807, 2.05) is 4.90 Å². The van der Waals surface area contributed by atoms with Crippen molar-refractivity contribution in [3.8, 4) is 11.5 Å². The first-order chi connectivity index (χ1) is 11.5. The van der Waals surface area contributed by atoms with Gasteiger partial charge in [-0.15, -0.1) is 0 Å². The minimum absolute atomic E-state index is 0.0781. The molecule has 0 spiro atoms. The van der Waals surface area contributed by atoms with Crippen molar-refractivity contribution in [1.82, 2.24) is 4.90 Å². The van der Waals surface area contributed by atoms with Gasteiger partial charge < -0.3 is 24.4 Å². The molecule has 1 aliphatic rings. The smallest absolute Gasteiger partial charge is 0.322 e. The van der Waals surface area contributed by atoms with Gasteiger partial charge in [0, 0.05) is 18.3 Å². The maximum absolute atomic E-state index is 12.7. The minimum Gasteiger partial charge on any atom is -0.493 e. The molecule has 0 bridgehead atoms. The van der Waals surface area contributed by atoms with Gasteiger partial charge >= 0.3 is 6.03 Å². The van der Waals surface area contributed by atoms with Gasteiger partial charge in [0.15, 0.2) is 11.5 Å². The fourth-order valence-electron chi connectivity index (χ4n) is 2.85. The Kier molecular flexibility index (Phi) is 6.57. The topological polar surface area (TPSA) is 60.0 Å². The number of rotatable bonds is 5. The van der Waals surface area contributed by atoms with Gasteiger partial charge in [-0.2, -0.15) is 0 Å². The summed E-state index contributed by atoms with van der Waals surface area (Å²) in [5.41, 5.74) is 0.567. The second kappa shape index (κ2) is 8.44. The monoisotopic (exact) mass is 356 g/mol. The van der Waals surface area contributed by atoms with Crippen molar-refractivity contribution < 1.29 is 19.0 Å². The predicted molar refractivity (Wildman–Crippen MR) is 94.3 cm³/mol. The lowest BCUT2D eigenvalue weighted by Gasteiger charge is -2.36. The van der Waals surface area contributed by atoms with E-state index in [-0.39, 0.29) is 12.1 Å². The summed E-state index contributed by atoms with van der Waals surface area (Å²) in [6, 6.07) is 3.26. The molecule has 134 valence electrons. The molecule has 1 aromatic carbocycles. The summed E-state index contributed by atoms with van der Waals surface area (Å²) in [5, 5.41) is 3.28. The zero-order chi connectivity index (χ0) is 17.7. The number of anilines is 1. The molecule has 1 fully saturated rings. The molecule has 1 N–H and O–H groups in total. The lowest BCUT2D eigenvalue weighted by Crippen LogP contribution is -2.50. The van der Waals surface area contributed by atoms with Crippen LogP contribution in [0.4, 0.5) is 10.5 Å². The number of methoxy groups -OCH3 is 2. The van der Waals surface area contributed by atoms with E-state index in [1.54, 1.807) is 12.1 Å². The molecule has 6 nitrogen and oxygen atoms in total. The summed E-state index contributed by atoms with van der Waals surface area (Å²) in [7, 11) is 3.05. The van der Waals surface area contributed by atoms with Crippen LogP contribution in [0, 0.1) is 5.92 Å². The summed E-state index contributed by atoms with van der Waals surface area (Å²) >= 11 is 6.19. The van der Waals surface area contributed by atoms with Crippen LogP contribution in [-0.2, 0) is 4.74 Å². The van der Waals surface area contributed by atoms with E-state index in [0.29, 0.717) is 47.9 Å². The zero-order valence-electron chi connectivity index (χ0n) is 14.6. The van der Waals surface area contributed by atoms with Crippen molar-refractivity contribution in [3.05, 3.63) is 17.2 Å². The molecule has 1 heterocycles. The number of carbonyl (C=O) groups excluding carboxylic acids is 1. The van der Waals surface area contributed by atoms with Crippen molar-refractivity contribution in [2.24, 2.45) is 5.92 Å². The van der Waals surface area contributed by atoms with Gasteiger partial charge in [0.2, 0.25) is 0 Å². The largest absolute Gasteiger partial charge is 0.493 e. The highest BCUT2D eigenvalue weighted by atomic mass is 35.5. The van der Waals surface area contributed by atoms with E-state index in [9.17, 15) is 4.79 Å². The normalized spacial score (nSPS) is 17.8. The molecule has 2 rings (SSSR count). The number of hydrogen-bond acceptors (Lipinski definition) is 4. The molecule has 7 heteroatoms. The molecule has 0 aromatic heterocycles. The van der Waals surface area contributed by atoms with Gasteiger partial charge in [0.05, 0.1) is 38.5 Å². The van der Waals surface area contributed by atoms with E-state index in [2.05, 4.69) is 19.2 Å². The Morgan fingerprint density at radius 3 is 2.79 bits per heavy atom. The number of ether oxygens (including phenoxy) is 3. The van der Waals surface area contributed by atoms with Crippen LogP contribution < -0.4 is 14.8 Å². The molecular weight excluding hydrogens is 332 g/mol. The third-order valence-corrected chi connectivity index (χ3v) is 4.20. The Labute approximate surface area is 148 Å². The highest BCUT2D eigenvalue weighted by Crippen LogP contribution is 2.37. The quantitative estimate of drug-likeness (QED) is 0.875. The number of urea groups is 1. The van der Waals surface area contributed by atoms with Crippen LogP contribution in [0.25, 0.3) is 0 Å². The van der Waals surface area contributed by atoms with Crippen molar-refractivity contribution in [2.75, 3.05) is 39.3 Å². The molecule has 24 heavy (non-hydrogen) atoms. The molecule has 0 saturated carbocycles. The molecular formula is C17H25ClN2O4. The number of benzene rings is 1. The maximum Gasteiger partial charge on any atom is 0.322 e. The highest BCUT2D eigenvalue weighted by molar-refractivity contribution is 6.32. The summed E-state index contributed by atoms with van der Waals surface area (Å²) in [5.74, 6) is 1.41. The lowest BCUT2D eigenvalue weighted by molar-refractivity contribution is 0.00857. The number of nitrogens with one attached hydrogen (secondary N) is 1. The van der Waals surface area contributed by atoms with Gasteiger partial charge in [0.1, 0.15) is 0 Å². The fourth-order valence-corrected chi connectivity index (χ4v) is 3.13. The molecule has 0 aliphatic carbocycles. The Balaban J connectivity index is 2.14. The predicted octanol–water partition coefficient (Wildman–Crippen LogP) is 3.64. The number of halogens is 1. The third kappa shape index (κ3) is 4.45. The van der Waals surface area contributed by atoms with Crippen LogP contribution in [0.2, 0.25) is 5.02 Å². The van der Waals surface area contributed by atoms with Crippen LogP contribution in [0.1, 0.15) is 20.3 Å². The van der Waals surface area contributed by atoms with Crippen LogP contribution >= 0.6 is 11.6 Å². The van der Waals surface area contributed by atoms with E-state index in [0.717, 1.165) is 6.42 Å². The molecule has 2 amide bonds. The standard InChI is InChI=1S/C17H25ClN2O4/c1-11(2)7-13-10-24-6-5-20(13)17(21)19-12-8-14(18)16(23-4)15(9-12)22-3/h8-9,11,13H,5-7,10H2,1-4H3,(H,19,21)/t13-/m0/s1. The molecule has 0 radical (unpaired) electrons. The third-order valence-electron chi connectivity index (χ3n) is 3.92. The molecule has 1 saturated heterocycles. The highest BCUT2D eigenvalue weighted by Gasteiger charge is 2.28. The molecule has 1 atom stereocenters. The van der Waals surface area contributed by atoms with Crippen LogP contribution in [0.15, 0.2) is 12.1 Å². The average molecular weight is 357 g/mol. The average Bonchev–Trinajstić information content (AvgIpc) is 2.54. The molecule has 0 unspecified atom stereocenters. The Morgan fingerprint density at radius 1 is 1.42 bits per heavy atom. The number of hydrogen-bond donors (Lipinski definition) is 1. The summed E-state index contributed by atoms with van der Waals surface area (Å²) in [4.78, 5) is 14.5. The summed E-state index contributed by atoms with van der Waals surface area (Å²) in [6.07, 6.45) is 0.903. The van der Waals surface area contributed by atoms with Crippen molar-refractivity contribution >= 4 is 23.3 Å². The van der Waals surface area contributed by atoms with Crippen molar-refractivity contribution in [2.45, 2.75) is 26.3 Å². The Morgan fingerprint density at radius 2 is 2.17 bits per heavy atom. The minimum atomic E-state index is -0.160. The maximum atomic E-state index is 12.7. The fraction of sp³-hybridized carbons (Fsp3) is 0.588. The second-order valence-corrected chi connectivity index (χ2v) is 6.58. The van der Waals surface area contributed by atoms with E-state index < -0.39 is 0 Å². The molecule has 1 aliphatic heterocycles. The van der Waals surface area contributed by atoms with Crippen molar-refractivity contribution in [1.29, 1.82) is 0 Å². The lowest BCUT2D eigenvalue weighted by atomic mass is 10.0. The van der Waals surface area contributed by atoms with E-state index in [4.69, 9.17) is 25.8 Å². The van der Waals surface area contributed by atoms with Gasteiger partial charge in [-0.1, -0.05) is 25.4 Å². The number of amides is 2. The molecule has 1 aromatic rings. The Hall–Kier alpha value is -1.66.